The van der Waals surface area contributed by atoms with Crippen LogP contribution in [-0.2, 0) is 23.9 Å². The summed E-state index contributed by atoms with van der Waals surface area (Å²) in [5.41, 5.74) is 4.90. The summed E-state index contributed by atoms with van der Waals surface area (Å²) in [6.07, 6.45) is 8.92. The first-order chi connectivity index (χ1) is 19.1. The number of likely N-dealkylation sites (tertiary alicyclic amines) is 1. The molecule has 0 bridgehead atoms. The molecule has 1 spiro atoms. The van der Waals surface area contributed by atoms with Crippen molar-refractivity contribution in [2.75, 3.05) is 6.54 Å². The third-order valence-corrected chi connectivity index (χ3v) is 10.9. The number of fused-ring (bicyclic) bond motifs is 1. The number of alkyl carbamates (subject to hydrolysis) is 1. The van der Waals surface area contributed by atoms with Crippen molar-refractivity contribution in [3.8, 4) is 0 Å². The molecule has 5 atom stereocenters. The van der Waals surface area contributed by atoms with Crippen molar-refractivity contribution in [1.82, 2.24) is 15.5 Å². The summed E-state index contributed by atoms with van der Waals surface area (Å²) in [5, 5.41) is 5.73. The van der Waals surface area contributed by atoms with Crippen LogP contribution < -0.4 is 16.4 Å². The van der Waals surface area contributed by atoms with E-state index in [1.54, 1.807) is 25.7 Å². The van der Waals surface area contributed by atoms with E-state index in [9.17, 15) is 24.0 Å². The summed E-state index contributed by atoms with van der Waals surface area (Å²) < 4.78 is 5.54. The predicted octanol–water partition coefficient (Wildman–Crippen LogP) is 3.06. The van der Waals surface area contributed by atoms with Gasteiger partial charge in [0.25, 0.3) is 5.91 Å². The molecular formula is C31H48N4O6. The predicted molar refractivity (Wildman–Crippen MR) is 151 cm³/mol. The second kappa shape index (κ2) is 10.6. The topological polar surface area (TPSA) is 148 Å². The van der Waals surface area contributed by atoms with Crippen LogP contribution in [0.15, 0.2) is 0 Å². The number of rotatable bonds is 9. The fourth-order valence-corrected chi connectivity index (χ4v) is 7.79. The zero-order valence-corrected chi connectivity index (χ0v) is 25.3. The Bertz CT molecular complexity index is 1090. The molecule has 4 N–H and O–H groups in total. The summed E-state index contributed by atoms with van der Waals surface area (Å²) in [4.78, 5) is 67.2. The molecule has 41 heavy (non-hydrogen) atoms. The highest BCUT2D eigenvalue weighted by Crippen LogP contribution is 2.65. The third-order valence-electron chi connectivity index (χ3n) is 10.9. The van der Waals surface area contributed by atoms with E-state index < -0.39 is 47.4 Å². The zero-order valence-electron chi connectivity index (χ0n) is 25.3. The highest BCUT2D eigenvalue weighted by Gasteiger charge is 2.70. The Morgan fingerprint density at radius 2 is 1.61 bits per heavy atom. The number of hydrogen-bond acceptors (Lipinski definition) is 6. The van der Waals surface area contributed by atoms with Gasteiger partial charge in [0.05, 0.1) is 6.04 Å². The van der Waals surface area contributed by atoms with Gasteiger partial charge in [-0.05, 0) is 100 Å². The zero-order chi connectivity index (χ0) is 29.9. The maximum absolute atomic E-state index is 14.3. The van der Waals surface area contributed by atoms with Crippen LogP contribution in [0.25, 0.3) is 0 Å². The molecular weight excluding hydrogens is 524 g/mol. The Balaban J connectivity index is 1.36. The number of primary amides is 1. The monoisotopic (exact) mass is 572 g/mol. The molecule has 1 heterocycles. The lowest BCUT2D eigenvalue weighted by molar-refractivity contribution is -0.145. The molecule has 0 aromatic carbocycles. The number of ketones is 1. The highest BCUT2D eigenvalue weighted by atomic mass is 16.6. The first kappa shape index (κ1) is 29.8. The molecule has 0 aromatic heterocycles. The number of nitrogens with two attached hydrogens (primary N) is 1. The fraction of sp³-hybridized carbons (Fsp3) is 0.839. The average Bonchev–Trinajstić information content (AvgIpc) is 3.64. The van der Waals surface area contributed by atoms with Gasteiger partial charge < -0.3 is 26.0 Å². The summed E-state index contributed by atoms with van der Waals surface area (Å²) in [6, 6.07) is -2.57. The number of nitrogens with zero attached hydrogens (tertiary/aromatic N) is 1. The van der Waals surface area contributed by atoms with Gasteiger partial charge in [0.1, 0.15) is 17.7 Å². The Hall–Kier alpha value is -2.65. The van der Waals surface area contributed by atoms with Crippen molar-refractivity contribution in [1.29, 1.82) is 0 Å². The molecule has 1 aliphatic heterocycles. The fourth-order valence-electron chi connectivity index (χ4n) is 7.79. The highest BCUT2D eigenvalue weighted by molar-refractivity contribution is 6.37. The number of carbonyl (C=O) groups is 5. The number of amides is 4. The molecule has 10 nitrogen and oxygen atoms in total. The average molecular weight is 573 g/mol. The van der Waals surface area contributed by atoms with Crippen molar-refractivity contribution >= 4 is 29.6 Å². The SMILES string of the molecule is CC(C)(C)OC(=O)N[C@H](C(=O)N1C[C@@H]2[C@H]([C@H]1C(=O)NC(CC1CCC1)C(=O)C(N)=O)C2(C)C)C1CCC2(CC1)CC2. The Morgan fingerprint density at radius 3 is 2.12 bits per heavy atom. The van der Waals surface area contributed by atoms with Gasteiger partial charge in [-0.2, -0.15) is 0 Å². The van der Waals surface area contributed by atoms with Gasteiger partial charge >= 0.3 is 6.09 Å². The minimum Gasteiger partial charge on any atom is -0.444 e. The molecule has 4 amide bonds. The van der Waals surface area contributed by atoms with E-state index >= 15 is 0 Å². The van der Waals surface area contributed by atoms with Crippen molar-refractivity contribution in [2.24, 2.45) is 40.2 Å². The molecule has 10 heteroatoms. The van der Waals surface area contributed by atoms with E-state index in [-0.39, 0.29) is 35.0 Å². The summed E-state index contributed by atoms with van der Waals surface area (Å²) in [6.45, 7) is 9.95. The number of piperidine rings is 1. The Morgan fingerprint density at radius 1 is 0.976 bits per heavy atom. The van der Waals surface area contributed by atoms with Gasteiger partial charge in [-0.25, -0.2) is 4.79 Å². The molecule has 0 radical (unpaired) electrons. The molecule has 4 aliphatic carbocycles. The van der Waals surface area contributed by atoms with E-state index in [1.165, 1.54) is 12.8 Å². The van der Waals surface area contributed by atoms with Gasteiger partial charge in [0.2, 0.25) is 17.6 Å². The lowest BCUT2D eigenvalue weighted by Gasteiger charge is -2.38. The Kier molecular flexibility index (Phi) is 7.69. The van der Waals surface area contributed by atoms with E-state index in [1.807, 2.05) is 0 Å². The third kappa shape index (κ3) is 6.12. The minimum atomic E-state index is -1.06. The molecule has 228 valence electrons. The first-order valence-corrected chi connectivity index (χ1v) is 15.6. The molecule has 1 unspecified atom stereocenters. The summed E-state index contributed by atoms with van der Waals surface area (Å²) in [5.74, 6) is -2.26. The normalized spacial score (nSPS) is 30.8. The van der Waals surface area contributed by atoms with Crippen molar-refractivity contribution in [3.05, 3.63) is 0 Å². The maximum atomic E-state index is 14.3. The van der Waals surface area contributed by atoms with Crippen LogP contribution in [0.5, 0.6) is 0 Å². The second-order valence-corrected chi connectivity index (χ2v) is 15.2. The molecule has 0 aromatic rings. The smallest absolute Gasteiger partial charge is 0.408 e. The molecule has 5 fully saturated rings. The molecule has 1 saturated heterocycles. The van der Waals surface area contributed by atoms with Crippen LogP contribution in [0.4, 0.5) is 4.79 Å². The van der Waals surface area contributed by atoms with E-state index in [2.05, 4.69) is 24.5 Å². The standard InChI is InChI=1S/C31H48N4O6/c1-29(2,3)41-28(40)34-22(18-9-11-31(12-10-18)13-14-31)27(39)35-16-19-21(30(19,4)5)23(35)26(38)33-20(24(36)25(32)37)15-17-7-6-8-17/h17-23H,6-16H2,1-5H3,(H2,32,37)(H,33,38)(H,34,40)/t19-,20?,21-,22+,23+/m1/s1. The number of hydrogen-bond donors (Lipinski definition) is 3. The van der Waals surface area contributed by atoms with Crippen LogP contribution in [0.1, 0.15) is 98.8 Å². The maximum Gasteiger partial charge on any atom is 0.408 e. The first-order valence-electron chi connectivity index (χ1n) is 15.6. The van der Waals surface area contributed by atoms with Crippen LogP contribution in [0.2, 0.25) is 0 Å². The van der Waals surface area contributed by atoms with Gasteiger partial charge in [-0.15, -0.1) is 0 Å². The number of ether oxygens (including phenoxy) is 1. The molecule has 4 saturated carbocycles. The van der Waals surface area contributed by atoms with E-state index in [0.717, 1.165) is 44.9 Å². The van der Waals surface area contributed by atoms with Gasteiger partial charge in [-0.1, -0.05) is 33.1 Å². The quantitative estimate of drug-likeness (QED) is 0.362. The lowest BCUT2D eigenvalue weighted by atomic mass is 9.76. The number of Topliss-reactive ketones (excluding diaryl/α,β-unsaturated/α-hetero) is 1. The second-order valence-electron chi connectivity index (χ2n) is 15.2. The van der Waals surface area contributed by atoms with Crippen LogP contribution in [-0.4, -0.2) is 64.8 Å². The molecule has 5 aliphatic rings. The van der Waals surface area contributed by atoms with Crippen molar-refractivity contribution in [3.63, 3.8) is 0 Å². The Labute approximate surface area is 243 Å². The minimum absolute atomic E-state index is 0.0438. The van der Waals surface area contributed by atoms with E-state index in [0.29, 0.717) is 18.4 Å². The van der Waals surface area contributed by atoms with Gasteiger partial charge in [0.15, 0.2) is 0 Å². The summed E-state index contributed by atoms with van der Waals surface area (Å²) >= 11 is 0. The number of nitrogens with one attached hydrogen (secondary N) is 2. The van der Waals surface area contributed by atoms with Crippen molar-refractivity contribution in [2.45, 2.75) is 123 Å². The molecule has 5 rings (SSSR count). The van der Waals surface area contributed by atoms with Gasteiger partial charge in [-0.3, -0.25) is 19.2 Å². The largest absolute Gasteiger partial charge is 0.444 e. The van der Waals surface area contributed by atoms with Crippen molar-refractivity contribution < 1.29 is 28.7 Å². The van der Waals surface area contributed by atoms with Crippen LogP contribution in [0.3, 0.4) is 0 Å². The lowest BCUT2D eigenvalue weighted by Crippen LogP contribution is -2.60. The van der Waals surface area contributed by atoms with Gasteiger partial charge in [0, 0.05) is 6.54 Å². The van der Waals surface area contributed by atoms with Crippen LogP contribution in [0, 0.1) is 34.5 Å². The summed E-state index contributed by atoms with van der Waals surface area (Å²) in [7, 11) is 0. The van der Waals surface area contributed by atoms with E-state index in [4.69, 9.17) is 10.5 Å². The van der Waals surface area contributed by atoms with Crippen LogP contribution >= 0.6 is 0 Å². The number of carbonyl (C=O) groups excluding carboxylic acids is 5.